The lowest BCUT2D eigenvalue weighted by molar-refractivity contribution is 0.0171. The van der Waals surface area contributed by atoms with E-state index in [1.165, 1.54) is 0 Å². The van der Waals surface area contributed by atoms with E-state index < -0.39 is 23.8 Å². The summed E-state index contributed by atoms with van der Waals surface area (Å²) in [5.41, 5.74) is 13.3. The summed E-state index contributed by atoms with van der Waals surface area (Å²) in [5, 5.41) is 12.4. The lowest BCUT2D eigenvalue weighted by Gasteiger charge is -2.29. The largest absolute Gasteiger partial charge is 0.443 e. The van der Waals surface area contributed by atoms with Crippen molar-refractivity contribution in [2.24, 2.45) is 5.73 Å². The van der Waals surface area contributed by atoms with Gasteiger partial charge in [-0.25, -0.2) is 9.80 Å². The first-order valence-corrected chi connectivity index (χ1v) is 11.8. The molecule has 2 unspecified atom stereocenters. The highest BCUT2D eigenvalue weighted by molar-refractivity contribution is 7.13. The highest BCUT2D eigenvalue weighted by Gasteiger charge is 2.23. The number of aliphatic hydroxyl groups is 1. The Morgan fingerprint density at radius 3 is 2.45 bits per heavy atom. The molecule has 0 aliphatic rings. The summed E-state index contributed by atoms with van der Waals surface area (Å²) in [4.78, 5) is 17.6. The van der Waals surface area contributed by atoms with Gasteiger partial charge in [-0.2, -0.15) is 0 Å². The van der Waals surface area contributed by atoms with Crippen LogP contribution in [-0.4, -0.2) is 45.5 Å². The summed E-state index contributed by atoms with van der Waals surface area (Å²) in [6.07, 6.45) is 0.941. The van der Waals surface area contributed by atoms with Gasteiger partial charge in [-0.3, -0.25) is 10.4 Å². The number of hydrogen-bond acceptors (Lipinski definition) is 7. The Labute approximate surface area is 199 Å². The van der Waals surface area contributed by atoms with Crippen LogP contribution in [0.1, 0.15) is 31.9 Å². The van der Waals surface area contributed by atoms with Gasteiger partial charge < -0.3 is 15.6 Å². The van der Waals surface area contributed by atoms with Gasteiger partial charge in [-0.1, -0.05) is 54.6 Å². The van der Waals surface area contributed by atoms with Gasteiger partial charge >= 0.3 is 6.09 Å². The predicted molar refractivity (Wildman–Crippen MR) is 131 cm³/mol. The van der Waals surface area contributed by atoms with Crippen molar-refractivity contribution >= 4 is 17.4 Å². The van der Waals surface area contributed by atoms with Crippen molar-refractivity contribution in [3.05, 3.63) is 77.4 Å². The molecule has 0 bridgehead atoms. The van der Waals surface area contributed by atoms with E-state index in [1.54, 1.807) is 42.6 Å². The maximum absolute atomic E-state index is 12.4. The SMILES string of the molecule is CC(C)(C)OC(=O)NN(Cc1ccc(-c2cncs2)cc1)CC(O)C(N)Cc1ccccc1. The molecule has 176 valence electrons. The molecule has 4 N–H and O–H groups in total. The second-order valence-corrected chi connectivity index (χ2v) is 9.86. The van der Waals surface area contributed by atoms with E-state index >= 15 is 0 Å². The van der Waals surface area contributed by atoms with Gasteiger partial charge in [0.2, 0.25) is 0 Å². The summed E-state index contributed by atoms with van der Waals surface area (Å²) in [6.45, 7) is 5.96. The zero-order valence-corrected chi connectivity index (χ0v) is 20.1. The van der Waals surface area contributed by atoms with Crippen LogP contribution < -0.4 is 11.2 Å². The highest BCUT2D eigenvalue weighted by Crippen LogP contribution is 2.23. The summed E-state index contributed by atoms with van der Waals surface area (Å²) >= 11 is 1.58. The number of benzene rings is 2. The number of aliphatic hydroxyl groups excluding tert-OH is 1. The van der Waals surface area contributed by atoms with Crippen LogP contribution >= 0.6 is 11.3 Å². The monoisotopic (exact) mass is 468 g/mol. The van der Waals surface area contributed by atoms with E-state index in [4.69, 9.17) is 10.5 Å². The maximum atomic E-state index is 12.4. The average Bonchev–Trinajstić information content (AvgIpc) is 3.28. The summed E-state index contributed by atoms with van der Waals surface area (Å²) < 4.78 is 5.40. The van der Waals surface area contributed by atoms with Crippen LogP contribution in [0, 0.1) is 0 Å². The van der Waals surface area contributed by atoms with Crippen LogP contribution in [0.5, 0.6) is 0 Å². The molecule has 0 saturated carbocycles. The second-order valence-electron chi connectivity index (χ2n) is 8.98. The Bertz CT molecular complexity index is 989. The molecule has 1 heterocycles. The zero-order valence-electron chi connectivity index (χ0n) is 19.3. The number of nitrogens with two attached hydrogens (primary N) is 1. The number of rotatable bonds is 9. The molecule has 7 nitrogen and oxygen atoms in total. The molecular weight excluding hydrogens is 436 g/mol. The fourth-order valence-electron chi connectivity index (χ4n) is 3.32. The van der Waals surface area contributed by atoms with E-state index in [0.717, 1.165) is 21.6 Å². The first-order valence-electron chi connectivity index (χ1n) is 10.9. The Morgan fingerprint density at radius 2 is 1.85 bits per heavy atom. The van der Waals surface area contributed by atoms with E-state index in [-0.39, 0.29) is 6.54 Å². The topological polar surface area (TPSA) is 101 Å². The molecule has 0 fully saturated rings. The van der Waals surface area contributed by atoms with Gasteiger partial charge in [-0.15, -0.1) is 11.3 Å². The molecule has 0 saturated heterocycles. The number of nitrogens with one attached hydrogen (secondary N) is 1. The number of hydrogen-bond donors (Lipinski definition) is 3. The first-order chi connectivity index (χ1) is 15.7. The Morgan fingerprint density at radius 1 is 1.15 bits per heavy atom. The third kappa shape index (κ3) is 8.25. The van der Waals surface area contributed by atoms with Crippen LogP contribution in [0.25, 0.3) is 10.4 Å². The van der Waals surface area contributed by atoms with Crippen molar-refractivity contribution in [1.29, 1.82) is 0 Å². The molecule has 0 aliphatic heterocycles. The molecule has 2 aromatic carbocycles. The first kappa shape index (κ1) is 24.9. The van der Waals surface area contributed by atoms with Gasteiger partial charge in [0.15, 0.2) is 0 Å². The van der Waals surface area contributed by atoms with Crippen LogP contribution in [0.3, 0.4) is 0 Å². The lowest BCUT2D eigenvalue weighted by Crippen LogP contribution is -2.51. The summed E-state index contributed by atoms with van der Waals surface area (Å²) in [7, 11) is 0. The van der Waals surface area contributed by atoms with Crippen LogP contribution in [-0.2, 0) is 17.7 Å². The van der Waals surface area contributed by atoms with Gasteiger partial charge in [-0.05, 0) is 43.9 Å². The Hall–Kier alpha value is -2.78. The minimum Gasteiger partial charge on any atom is -0.443 e. The van der Waals surface area contributed by atoms with Crippen LogP contribution in [0.4, 0.5) is 4.79 Å². The highest BCUT2D eigenvalue weighted by atomic mass is 32.1. The smallest absolute Gasteiger partial charge is 0.422 e. The molecular formula is C25H32N4O3S. The average molecular weight is 469 g/mol. The number of hydrazine groups is 1. The molecule has 2 atom stereocenters. The standard InChI is InChI=1S/C25H32N4O3S/c1-25(2,3)32-24(31)28-29(16-22(30)21(26)13-18-7-5-4-6-8-18)15-19-9-11-20(12-10-19)23-14-27-17-33-23/h4-12,14,17,21-22,30H,13,15-16,26H2,1-3H3,(H,28,31). The molecule has 1 aromatic heterocycles. The minimum atomic E-state index is -0.850. The zero-order chi connectivity index (χ0) is 23.8. The van der Waals surface area contributed by atoms with Crippen LogP contribution in [0.15, 0.2) is 66.3 Å². The number of nitrogens with zero attached hydrogens (tertiary/aromatic N) is 2. The van der Waals surface area contributed by atoms with E-state index in [2.05, 4.69) is 10.4 Å². The van der Waals surface area contributed by atoms with Gasteiger partial charge in [0.25, 0.3) is 0 Å². The fraction of sp³-hybridized carbons (Fsp3) is 0.360. The molecule has 0 spiro atoms. The minimum absolute atomic E-state index is 0.157. The second kappa shape index (κ2) is 11.4. The number of thiazole rings is 1. The third-order valence-corrected chi connectivity index (χ3v) is 5.73. The quantitative estimate of drug-likeness (QED) is 0.411. The van der Waals surface area contributed by atoms with Crippen molar-refractivity contribution in [2.45, 2.75) is 51.5 Å². The maximum Gasteiger partial charge on any atom is 0.422 e. The summed E-state index contributed by atoms with van der Waals surface area (Å²) in [6, 6.07) is 17.3. The number of amides is 1. The Kier molecular flexibility index (Phi) is 8.57. The fourth-order valence-corrected chi connectivity index (χ4v) is 3.95. The van der Waals surface area contributed by atoms with E-state index in [1.807, 2.05) is 60.8 Å². The lowest BCUT2D eigenvalue weighted by atomic mass is 10.0. The molecule has 3 aromatic rings. The molecule has 0 aliphatic carbocycles. The van der Waals surface area contributed by atoms with Crippen molar-refractivity contribution in [1.82, 2.24) is 15.4 Å². The van der Waals surface area contributed by atoms with E-state index in [9.17, 15) is 9.90 Å². The third-order valence-electron chi connectivity index (χ3n) is 4.91. The number of ether oxygens (including phenoxy) is 1. The number of aromatic nitrogens is 1. The molecule has 3 rings (SSSR count). The number of carbonyl (C=O) groups excluding carboxylic acids is 1. The van der Waals surface area contributed by atoms with Crippen molar-refractivity contribution in [3.63, 3.8) is 0 Å². The van der Waals surface area contributed by atoms with Crippen molar-refractivity contribution < 1.29 is 14.6 Å². The van der Waals surface area contributed by atoms with Gasteiger partial charge in [0, 0.05) is 25.3 Å². The van der Waals surface area contributed by atoms with Crippen molar-refractivity contribution in [2.75, 3.05) is 6.54 Å². The summed E-state index contributed by atoms with van der Waals surface area (Å²) in [5.74, 6) is 0. The molecule has 33 heavy (non-hydrogen) atoms. The van der Waals surface area contributed by atoms with E-state index in [0.29, 0.717) is 13.0 Å². The Balaban J connectivity index is 1.67. The van der Waals surface area contributed by atoms with Gasteiger partial charge in [0.05, 0.1) is 16.5 Å². The predicted octanol–water partition coefficient (Wildman–Crippen LogP) is 3.98. The molecule has 0 radical (unpaired) electrons. The normalized spacial score (nSPS) is 13.5. The van der Waals surface area contributed by atoms with Crippen molar-refractivity contribution in [3.8, 4) is 10.4 Å². The molecule has 8 heteroatoms. The number of carbonyl (C=O) groups is 1. The van der Waals surface area contributed by atoms with Gasteiger partial charge in [0.1, 0.15) is 5.60 Å². The molecule has 1 amide bonds. The van der Waals surface area contributed by atoms with Crippen LogP contribution in [0.2, 0.25) is 0 Å².